The standard InChI is InChI=1S/C14H15ClN2S/c1-9-5-10(2)17-14(6-9)18-8-11-3-4-12(15)7-13(11)16/h3-7H,8,16H2,1-2H3. The third kappa shape index (κ3) is 3.40. The molecule has 0 bridgehead atoms. The zero-order valence-electron chi connectivity index (χ0n) is 10.4. The van der Waals surface area contributed by atoms with Crippen molar-refractivity contribution in [3.63, 3.8) is 0 Å². The van der Waals surface area contributed by atoms with Crippen molar-refractivity contribution in [3.05, 3.63) is 52.2 Å². The lowest BCUT2D eigenvalue weighted by molar-refractivity contribution is 1.05. The van der Waals surface area contributed by atoms with E-state index in [2.05, 4.69) is 24.0 Å². The van der Waals surface area contributed by atoms with E-state index < -0.39 is 0 Å². The Bertz CT molecular complexity index is 549. The summed E-state index contributed by atoms with van der Waals surface area (Å²) < 4.78 is 0. The molecular formula is C14H15ClN2S. The van der Waals surface area contributed by atoms with Gasteiger partial charge in [-0.2, -0.15) is 0 Å². The highest BCUT2D eigenvalue weighted by atomic mass is 35.5. The van der Waals surface area contributed by atoms with E-state index in [9.17, 15) is 0 Å². The number of aromatic nitrogens is 1. The molecule has 2 aromatic rings. The minimum atomic E-state index is 0.672. The molecule has 0 atom stereocenters. The number of aryl methyl sites for hydroxylation is 2. The predicted octanol–water partition coefficient (Wildman–Crippen LogP) is 4.23. The van der Waals surface area contributed by atoms with E-state index in [1.165, 1.54) is 5.56 Å². The van der Waals surface area contributed by atoms with E-state index in [1.807, 2.05) is 19.1 Å². The van der Waals surface area contributed by atoms with Crippen LogP contribution in [0.15, 0.2) is 35.4 Å². The largest absolute Gasteiger partial charge is 0.398 e. The Kier molecular flexibility index (Phi) is 4.15. The number of halogens is 1. The third-order valence-electron chi connectivity index (χ3n) is 2.56. The number of pyridine rings is 1. The molecule has 0 saturated heterocycles. The van der Waals surface area contributed by atoms with Gasteiger partial charge in [0.05, 0.1) is 5.03 Å². The van der Waals surface area contributed by atoms with Crippen LogP contribution in [0.1, 0.15) is 16.8 Å². The average molecular weight is 279 g/mol. The number of nitrogens with zero attached hydrogens (tertiary/aromatic N) is 1. The van der Waals surface area contributed by atoms with Gasteiger partial charge in [-0.1, -0.05) is 17.7 Å². The SMILES string of the molecule is Cc1cc(C)nc(SCc2ccc(Cl)cc2N)c1. The number of hydrogen-bond donors (Lipinski definition) is 1. The molecule has 1 aromatic carbocycles. The summed E-state index contributed by atoms with van der Waals surface area (Å²) in [5.74, 6) is 0.804. The maximum Gasteiger partial charge on any atom is 0.0968 e. The fourth-order valence-corrected chi connectivity index (χ4v) is 2.95. The summed E-state index contributed by atoms with van der Waals surface area (Å²) in [7, 11) is 0. The number of thioether (sulfide) groups is 1. The molecule has 0 radical (unpaired) electrons. The molecule has 0 spiro atoms. The van der Waals surface area contributed by atoms with Gasteiger partial charge in [-0.05, 0) is 49.2 Å². The van der Waals surface area contributed by atoms with Gasteiger partial charge < -0.3 is 5.73 Å². The Morgan fingerprint density at radius 1 is 1.22 bits per heavy atom. The molecule has 0 fully saturated rings. The molecule has 18 heavy (non-hydrogen) atoms. The quantitative estimate of drug-likeness (QED) is 0.675. The maximum absolute atomic E-state index is 5.93. The Morgan fingerprint density at radius 2 is 2.00 bits per heavy atom. The minimum Gasteiger partial charge on any atom is -0.398 e. The summed E-state index contributed by atoms with van der Waals surface area (Å²) in [5.41, 5.74) is 10.0. The molecule has 0 saturated carbocycles. The lowest BCUT2D eigenvalue weighted by Gasteiger charge is -2.07. The summed E-state index contributed by atoms with van der Waals surface area (Å²) in [6.07, 6.45) is 0. The number of anilines is 1. The molecule has 4 heteroatoms. The van der Waals surface area contributed by atoms with Crippen LogP contribution < -0.4 is 5.73 Å². The summed E-state index contributed by atoms with van der Waals surface area (Å²) in [6.45, 7) is 4.09. The molecule has 2 nitrogen and oxygen atoms in total. The Balaban J connectivity index is 2.11. The van der Waals surface area contributed by atoms with Crippen LogP contribution in [0.4, 0.5) is 5.69 Å². The highest BCUT2D eigenvalue weighted by Crippen LogP contribution is 2.26. The van der Waals surface area contributed by atoms with Crippen molar-refractivity contribution < 1.29 is 0 Å². The van der Waals surface area contributed by atoms with E-state index in [1.54, 1.807) is 17.8 Å². The summed E-state index contributed by atoms with van der Waals surface area (Å²) >= 11 is 7.56. The molecule has 0 amide bonds. The normalized spacial score (nSPS) is 10.6. The predicted molar refractivity (Wildman–Crippen MR) is 79.1 cm³/mol. The first-order valence-electron chi connectivity index (χ1n) is 5.66. The van der Waals surface area contributed by atoms with Crippen molar-refractivity contribution >= 4 is 29.1 Å². The number of rotatable bonds is 3. The van der Waals surface area contributed by atoms with Gasteiger partial charge in [0.15, 0.2) is 0 Å². The van der Waals surface area contributed by atoms with E-state index in [-0.39, 0.29) is 0 Å². The number of nitrogens with two attached hydrogens (primary N) is 1. The smallest absolute Gasteiger partial charge is 0.0968 e. The van der Waals surface area contributed by atoms with Crippen LogP contribution in [0.3, 0.4) is 0 Å². The van der Waals surface area contributed by atoms with E-state index in [0.29, 0.717) is 5.02 Å². The molecule has 0 aliphatic heterocycles. The Hall–Kier alpha value is -1.19. The van der Waals surface area contributed by atoms with Crippen molar-refractivity contribution in [1.82, 2.24) is 4.98 Å². The molecule has 2 rings (SSSR count). The molecule has 1 heterocycles. The van der Waals surface area contributed by atoms with Gasteiger partial charge in [0.1, 0.15) is 0 Å². The molecular weight excluding hydrogens is 264 g/mol. The first-order valence-corrected chi connectivity index (χ1v) is 7.03. The van der Waals surface area contributed by atoms with Crippen LogP contribution in [-0.2, 0) is 5.75 Å². The monoisotopic (exact) mass is 278 g/mol. The second-order valence-electron chi connectivity index (χ2n) is 4.26. The molecule has 1 aromatic heterocycles. The second kappa shape index (κ2) is 5.63. The van der Waals surface area contributed by atoms with Gasteiger partial charge in [0, 0.05) is 22.2 Å². The van der Waals surface area contributed by atoms with Gasteiger partial charge in [0.2, 0.25) is 0 Å². The summed E-state index contributed by atoms with van der Waals surface area (Å²) in [6, 6.07) is 9.77. The molecule has 2 N–H and O–H groups in total. The van der Waals surface area contributed by atoms with E-state index in [0.717, 1.165) is 27.7 Å². The molecule has 94 valence electrons. The van der Waals surface area contributed by atoms with Crippen LogP contribution in [0.2, 0.25) is 5.02 Å². The van der Waals surface area contributed by atoms with E-state index in [4.69, 9.17) is 17.3 Å². The van der Waals surface area contributed by atoms with Crippen molar-refractivity contribution in [2.45, 2.75) is 24.6 Å². The maximum atomic E-state index is 5.93. The van der Waals surface area contributed by atoms with Crippen molar-refractivity contribution in [2.24, 2.45) is 0 Å². The number of nitrogen functional groups attached to an aromatic ring is 1. The van der Waals surface area contributed by atoms with Crippen LogP contribution in [0.5, 0.6) is 0 Å². The topological polar surface area (TPSA) is 38.9 Å². The van der Waals surface area contributed by atoms with Crippen LogP contribution in [0.25, 0.3) is 0 Å². The van der Waals surface area contributed by atoms with Gasteiger partial charge in [-0.3, -0.25) is 0 Å². The molecule has 0 unspecified atom stereocenters. The van der Waals surface area contributed by atoms with Gasteiger partial charge in [0.25, 0.3) is 0 Å². The fourth-order valence-electron chi connectivity index (χ4n) is 1.73. The van der Waals surface area contributed by atoms with Crippen molar-refractivity contribution in [1.29, 1.82) is 0 Å². The number of hydrogen-bond acceptors (Lipinski definition) is 3. The van der Waals surface area contributed by atoms with Crippen LogP contribution in [0, 0.1) is 13.8 Å². The van der Waals surface area contributed by atoms with Crippen LogP contribution in [-0.4, -0.2) is 4.98 Å². The van der Waals surface area contributed by atoms with Crippen LogP contribution >= 0.6 is 23.4 Å². The van der Waals surface area contributed by atoms with Crippen molar-refractivity contribution in [2.75, 3.05) is 5.73 Å². The highest BCUT2D eigenvalue weighted by Gasteiger charge is 2.03. The summed E-state index contributed by atoms with van der Waals surface area (Å²) in [5, 5.41) is 1.70. The molecule has 0 aliphatic rings. The zero-order valence-corrected chi connectivity index (χ0v) is 12.0. The second-order valence-corrected chi connectivity index (χ2v) is 5.69. The summed E-state index contributed by atoms with van der Waals surface area (Å²) in [4.78, 5) is 4.49. The minimum absolute atomic E-state index is 0.672. The Labute approximate surface area is 117 Å². The van der Waals surface area contributed by atoms with Gasteiger partial charge >= 0.3 is 0 Å². The third-order valence-corrected chi connectivity index (χ3v) is 3.75. The first kappa shape index (κ1) is 13.2. The highest BCUT2D eigenvalue weighted by molar-refractivity contribution is 7.98. The van der Waals surface area contributed by atoms with Crippen molar-refractivity contribution in [3.8, 4) is 0 Å². The lowest BCUT2D eigenvalue weighted by Crippen LogP contribution is -1.93. The lowest BCUT2D eigenvalue weighted by atomic mass is 10.2. The first-order chi connectivity index (χ1) is 8.54. The van der Waals surface area contributed by atoms with Gasteiger partial charge in [-0.15, -0.1) is 11.8 Å². The fraction of sp³-hybridized carbons (Fsp3) is 0.214. The van der Waals surface area contributed by atoms with E-state index >= 15 is 0 Å². The van der Waals surface area contributed by atoms with Gasteiger partial charge in [-0.25, -0.2) is 4.98 Å². The zero-order chi connectivity index (χ0) is 13.1. The number of benzene rings is 1. The Morgan fingerprint density at radius 3 is 2.67 bits per heavy atom. The molecule has 0 aliphatic carbocycles. The average Bonchev–Trinajstić information content (AvgIpc) is 2.26.